The predicted octanol–water partition coefficient (Wildman–Crippen LogP) is 4.59. The van der Waals surface area contributed by atoms with Crippen LogP contribution in [-0.4, -0.2) is 44.7 Å². The molecule has 1 aromatic carbocycles. The number of pyridine rings is 1. The Morgan fingerprint density at radius 2 is 2.17 bits per heavy atom. The first-order valence-electron chi connectivity index (χ1n) is 12.5. The van der Waals surface area contributed by atoms with Gasteiger partial charge >= 0.3 is 0 Å². The van der Waals surface area contributed by atoms with E-state index in [1.54, 1.807) is 30.5 Å². The highest BCUT2D eigenvalue weighted by Gasteiger charge is 2.41. The molecule has 0 radical (unpaired) electrons. The second-order valence-corrected chi connectivity index (χ2v) is 12.4. The standard InChI is InChI=1S/C27H22N8O3S3/c1-38-15-7-8-17-20(10-15)40-25(31-17)32-21(37)13-39-27-34-33-26(41-27)35-18-5-2-6-19(36)23(18)22(16(11-28)24(35)29)14-4-3-9-30-12-14/h3-4,7-10,12,22H,2,5-6,13,29H2,1H3,(H,31,32,37). The predicted molar refractivity (Wildman–Crippen MR) is 158 cm³/mol. The molecule has 0 fully saturated rings. The fraction of sp³-hybridized carbons (Fsp3) is 0.222. The highest BCUT2D eigenvalue weighted by Crippen LogP contribution is 2.47. The van der Waals surface area contributed by atoms with Gasteiger partial charge in [-0.25, -0.2) is 4.98 Å². The van der Waals surface area contributed by atoms with Crippen molar-refractivity contribution in [2.45, 2.75) is 29.5 Å². The lowest BCUT2D eigenvalue weighted by Crippen LogP contribution is -2.38. The number of benzene rings is 1. The molecule has 1 unspecified atom stereocenters. The molecule has 4 heterocycles. The van der Waals surface area contributed by atoms with Crippen molar-refractivity contribution in [1.82, 2.24) is 20.2 Å². The number of amides is 1. The van der Waals surface area contributed by atoms with Gasteiger partial charge in [0.2, 0.25) is 11.0 Å². The van der Waals surface area contributed by atoms with Crippen LogP contribution in [0.25, 0.3) is 10.2 Å². The number of anilines is 2. The number of hydrogen-bond donors (Lipinski definition) is 2. The van der Waals surface area contributed by atoms with Gasteiger partial charge in [-0.2, -0.15) is 5.26 Å². The number of nitrogens with one attached hydrogen (secondary N) is 1. The Kier molecular flexibility index (Phi) is 7.39. The summed E-state index contributed by atoms with van der Waals surface area (Å²) in [6, 6.07) is 11.4. The summed E-state index contributed by atoms with van der Waals surface area (Å²) in [5.41, 5.74) is 9.64. The lowest BCUT2D eigenvalue weighted by atomic mass is 9.76. The molecule has 0 bridgehead atoms. The van der Waals surface area contributed by atoms with Gasteiger partial charge in [-0.1, -0.05) is 40.5 Å². The van der Waals surface area contributed by atoms with Crippen LogP contribution in [0.1, 0.15) is 30.7 Å². The monoisotopic (exact) mass is 602 g/mol. The summed E-state index contributed by atoms with van der Waals surface area (Å²) in [6.45, 7) is 0. The average Bonchev–Trinajstić information content (AvgIpc) is 3.62. The van der Waals surface area contributed by atoms with E-state index in [4.69, 9.17) is 10.5 Å². The number of rotatable bonds is 7. The van der Waals surface area contributed by atoms with Crippen molar-refractivity contribution in [1.29, 1.82) is 5.26 Å². The van der Waals surface area contributed by atoms with E-state index in [-0.39, 0.29) is 28.8 Å². The topological polar surface area (TPSA) is 160 Å². The molecule has 3 N–H and O–H groups in total. The molecule has 0 saturated heterocycles. The van der Waals surface area contributed by atoms with E-state index < -0.39 is 5.92 Å². The van der Waals surface area contributed by atoms with Crippen LogP contribution < -0.4 is 20.7 Å². The van der Waals surface area contributed by atoms with Crippen molar-refractivity contribution < 1.29 is 14.3 Å². The first kappa shape index (κ1) is 26.9. The minimum Gasteiger partial charge on any atom is -0.497 e. The van der Waals surface area contributed by atoms with Crippen molar-refractivity contribution in [3.05, 3.63) is 71.0 Å². The van der Waals surface area contributed by atoms with Gasteiger partial charge in [0.1, 0.15) is 11.6 Å². The normalized spacial score (nSPS) is 17.0. The first-order valence-corrected chi connectivity index (χ1v) is 15.2. The number of nitriles is 1. The highest BCUT2D eigenvalue weighted by molar-refractivity contribution is 8.01. The number of ether oxygens (including phenoxy) is 1. The van der Waals surface area contributed by atoms with Crippen molar-refractivity contribution in [2.75, 3.05) is 23.1 Å². The number of thioether (sulfide) groups is 1. The molecular formula is C27H22N8O3S3. The number of ketones is 1. The minimum atomic E-state index is -0.582. The maximum absolute atomic E-state index is 13.2. The molecule has 1 amide bonds. The molecule has 0 saturated carbocycles. The van der Waals surface area contributed by atoms with E-state index in [0.717, 1.165) is 27.2 Å². The van der Waals surface area contributed by atoms with Gasteiger partial charge in [-0.3, -0.25) is 19.5 Å². The Hall–Kier alpha value is -4.32. The van der Waals surface area contributed by atoms with Crippen LogP contribution in [0, 0.1) is 11.3 Å². The van der Waals surface area contributed by atoms with Gasteiger partial charge in [0, 0.05) is 30.1 Å². The number of nitrogens with two attached hydrogens (primary N) is 1. The van der Waals surface area contributed by atoms with Crippen LogP contribution in [0.15, 0.2) is 69.7 Å². The third-order valence-electron chi connectivity index (χ3n) is 6.69. The number of aromatic nitrogens is 4. The number of fused-ring (bicyclic) bond motifs is 1. The molecule has 206 valence electrons. The number of methoxy groups -OCH3 is 1. The number of nitrogens with zero attached hydrogens (tertiary/aromatic N) is 6. The minimum absolute atomic E-state index is 0.0190. The van der Waals surface area contributed by atoms with Gasteiger partial charge in [0.05, 0.1) is 40.6 Å². The van der Waals surface area contributed by atoms with Gasteiger partial charge in [-0.15, -0.1) is 10.2 Å². The van der Waals surface area contributed by atoms with Crippen LogP contribution in [-0.2, 0) is 9.59 Å². The molecular weight excluding hydrogens is 581 g/mol. The van der Waals surface area contributed by atoms with Crippen molar-refractivity contribution in [3.8, 4) is 11.8 Å². The summed E-state index contributed by atoms with van der Waals surface area (Å²) < 4.78 is 6.71. The zero-order valence-corrected chi connectivity index (χ0v) is 24.1. The molecule has 11 nitrogen and oxygen atoms in total. The fourth-order valence-electron chi connectivity index (χ4n) is 4.90. The quantitative estimate of drug-likeness (QED) is 0.285. The van der Waals surface area contributed by atoms with Crippen molar-refractivity contribution in [3.63, 3.8) is 0 Å². The lowest BCUT2D eigenvalue weighted by Gasteiger charge is -2.37. The zero-order valence-electron chi connectivity index (χ0n) is 21.7. The molecule has 0 spiro atoms. The Morgan fingerprint density at radius 3 is 2.95 bits per heavy atom. The molecule has 1 aliphatic carbocycles. The van der Waals surface area contributed by atoms with E-state index in [1.165, 1.54) is 34.4 Å². The van der Waals surface area contributed by atoms with Crippen LogP contribution in [0.3, 0.4) is 0 Å². The van der Waals surface area contributed by atoms with Gasteiger partial charge in [0.15, 0.2) is 15.3 Å². The Balaban J connectivity index is 1.22. The third kappa shape index (κ3) is 5.15. The zero-order chi connectivity index (χ0) is 28.5. The lowest BCUT2D eigenvalue weighted by molar-refractivity contribution is -0.116. The number of carbonyl (C=O) groups excluding carboxylic acids is 2. The van der Waals surface area contributed by atoms with E-state index in [9.17, 15) is 14.9 Å². The van der Waals surface area contributed by atoms with Crippen LogP contribution in [0.5, 0.6) is 5.75 Å². The van der Waals surface area contributed by atoms with E-state index in [1.807, 2.05) is 24.3 Å². The Morgan fingerprint density at radius 1 is 1.29 bits per heavy atom. The summed E-state index contributed by atoms with van der Waals surface area (Å²) in [4.78, 5) is 36.2. The molecule has 41 heavy (non-hydrogen) atoms. The second kappa shape index (κ2) is 11.3. The van der Waals surface area contributed by atoms with E-state index in [2.05, 4.69) is 31.6 Å². The number of hydrogen-bond acceptors (Lipinski definition) is 13. The summed E-state index contributed by atoms with van der Waals surface area (Å²) in [6.07, 6.45) is 4.98. The smallest absolute Gasteiger partial charge is 0.236 e. The SMILES string of the molecule is COc1ccc2nc(NC(=O)CSc3nnc(N4C(N)=C(C#N)C(c5cccnc5)C5=C4CCCC5=O)s3)sc2c1. The summed E-state index contributed by atoms with van der Waals surface area (Å²) in [5.74, 6) is 0.201. The average molecular weight is 603 g/mol. The largest absolute Gasteiger partial charge is 0.497 e. The number of carbonyl (C=O) groups is 2. The van der Waals surface area contributed by atoms with Gasteiger partial charge < -0.3 is 15.8 Å². The molecule has 4 aromatic rings. The van der Waals surface area contributed by atoms with Crippen molar-refractivity contribution >= 4 is 66.6 Å². The Bertz CT molecular complexity index is 1770. The van der Waals surface area contributed by atoms with Crippen LogP contribution in [0.2, 0.25) is 0 Å². The molecule has 6 rings (SSSR count). The summed E-state index contributed by atoms with van der Waals surface area (Å²) in [5, 5.41) is 22.4. The first-order chi connectivity index (χ1) is 20.0. The summed E-state index contributed by atoms with van der Waals surface area (Å²) in [7, 11) is 1.60. The Labute approximate surface area is 246 Å². The van der Waals surface area contributed by atoms with Gasteiger partial charge in [0.25, 0.3) is 0 Å². The third-order valence-corrected chi connectivity index (χ3v) is 9.66. The van der Waals surface area contributed by atoms with E-state index in [0.29, 0.717) is 39.4 Å². The number of allylic oxidation sites excluding steroid dienone is 3. The van der Waals surface area contributed by atoms with Gasteiger partial charge in [-0.05, 0) is 42.7 Å². The molecule has 2 aliphatic rings. The molecule has 1 atom stereocenters. The number of thiazole rings is 1. The number of Topliss-reactive ketones (excluding diaryl/α,β-unsaturated/α-hetero) is 1. The fourth-order valence-corrected chi connectivity index (χ4v) is 7.50. The summed E-state index contributed by atoms with van der Waals surface area (Å²) >= 11 is 3.84. The van der Waals surface area contributed by atoms with Crippen LogP contribution in [0.4, 0.5) is 10.3 Å². The molecule has 3 aromatic heterocycles. The molecule has 14 heteroatoms. The van der Waals surface area contributed by atoms with Crippen LogP contribution >= 0.6 is 34.4 Å². The highest BCUT2D eigenvalue weighted by atomic mass is 32.2. The molecule has 1 aliphatic heterocycles. The second-order valence-electron chi connectivity index (χ2n) is 9.14. The van der Waals surface area contributed by atoms with Crippen molar-refractivity contribution in [2.24, 2.45) is 5.73 Å². The van der Waals surface area contributed by atoms with E-state index >= 15 is 0 Å². The maximum atomic E-state index is 13.2. The maximum Gasteiger partial charge on any atom is 0.236 e.